The van der Waals surface area contributed by atoms with Crippen LogP contribution in [0.1, 0.15) is 41.5 Å². The third-order valence-electron chi connectivity index (χ3n) is 4.46. The second kappa shape index (κ2) is 11.3. The summed E-state index contributed by atoms with van der Waals surface area (Å²) in [5, 5.41) is 0. The summed E-state index contributed by atoms with van der Waals surface area (Å²) in [5.74, 6) is 1.40. The molecule has 3 rings (SSSR count). The van der Waals surface area contributed by atoms with Gasteiger partial charge >= 0.3 is 6.68 Å². The molecule has 1 N–H and O–H groups in total. The predicted molar refractivity (Wildman–Crippen MR) is 135 cm³/mol. The molecule has 0 unspecified atom stereocenters. The van der Waals surface area contributed by atoms with Gasteiger partial charge in [0, 0.05) is 5.56 Å². The van der Waals surface area contributed by atoms with Gasteiger partial charge in [-0.2, -0.15) is 21.6 Å². The Hall–Kier alpha value is -3.04. The van der Waals surface area contributed by atoms with Gasteiger partial charge in [0.25, 0.3) is 10.1 Å². The van der Waals surface area contributed by atoms with Gasteiger partial charge in [-0.3, -0.25) is 4.55 Å². The maximum Gasteiger partial charge on any atom is 0.379 e. The standard InChI is InChI=1S/C26H30O5S.CHF3/c1-25(2,3)30-20-14-10-18(11-15-20)22-8-7-9-23(32(27,28)29)24(22)19-12-16-21(17-13-19)31-26(4,5)6;2-1(3)4/h7-17H,1-6H3,(H,27,28,29);1H. The first-order chi connectivity index (χ1) is 16.5. The molecule has 0 amide bonds. The Morgan fingerprint density at radius 2 is 1.08 bits per heavy atom. The molecule has 0 bridgehead atoms. The molecule has 5 nitrogen and oxygen atoms in total. The lowest BCUT2D eigenvalue weighted by molar-refractivity contribution is 0.00818. The molecule has 0 aliphatic rings. The predicted octanol–water partition coefficient (Wildman–Crippen LogP) is 7.80. The third-order valence-corrected chi connectivity index (χ3v) is 5.36. The average molecular weight is 525 g/mol. The Morgan fingerprint density at radius 3 is 1.44 bits per heavy atom. The van der Waals surface area contributed by atoms with Crippen molar-refractivity contribution in [3.05, 3.63) is 66.7 Å². The zero-order chi connectivity index (χ0) is 27.3. The maximum atomic E-state index is 12.2. The molecule has 0 heterocycles. The van der Waals surface area contributed by atoms with Crippen LogP contribution in [0, 0.1) is 0 Å². The Bertz CT molecular complexity index is 1240. The van der Waals surface area contributed by atoms with E-state index in [0.29, 0.717) is 22.4 Å². The molecule has 9 heteroatoms. The Labute approximate surface area is 210 Å². The van der Waals surface area contributed by atoms with Crippen molar-refractivity contribution in [1.29, 1.82) is 0 Å². The van der Waals surface area contributed by atoms with Crippen LogP contribution >= 0.6 is 0 Å². The molecule has 196 valence electrons. The normalized spacial score (nSPS) is 12.1. The summed E-state index contributed by atoms with van der Waals surface area (Å²) in [6.07, 6.45) is 0. The monoisotopic (exact) mass is 524 g/mol. The van der Waals surface area contributed by atoms with Crippen LogP contribution in [0.3, 0.4) is 0 Å². The van der Waals surface area contributed by atoms with Crippen LogP contribution < -0.4 is 9.47 Å². The van der Waals surface area contributed by atoms with E-state index in [1.807, 2.05) is 71.9 Å². The van der Waals surface area contributed by atoms with Crippen LogP contribution in [0.2, 0.25) is 0 Å². The summed E-state index contributed by atoms with van der Waals surface area (Å²) in [6.45, 7) is 8.13. The summed E-state index contributed by atoms with van der Waals surface area (Å²) in [7, 11) is -4.44. The molecule has 0 fully saturated rings. The van der Waals surface area contributed by atoms with Crippen LogP contribution in [-0.2, 0) is 10.1 Å². The summed E-state index contributed by atoms with van der Waals surface area (Å²) in [4.78, 5) is -0.144. The van der Waals surface area contributed by atoms with E-state index in [2.05, 4.69) is 0 Å². The number of rotatable bonds is 5. The first-order valence-electron chi connectivity index (χ1n) is 11.1. The summed E-state index contributed by atoms with van der Waals surface area (Å²) in [5.41, 5.74) is 1.91. The largest absolute Gasteiger partial charge is 0.488 e. The van der Waals surface area contributed by atoms with E-state index in [1.54, 1.807) is 30.3 Å². The zero-order valence-electron chi connectivity index (χ0n) is 21.1. The Balaban J connectivity index is 0.00000106. The van der Waals surface area contributed by atoms with Gasteiger partial charge in [-0.15, -0.1) is 0 Å². The maximum absolute atomic E-state index is 12.2. The highest BCUT2D eigenvalue weighted by molar-refractivity contribution is 7.86. The van der Waals surface area contributed by atoms with Crippen LogP contribution in [0.4, 0.5) is 13.2 Å². The first kappa shape index (κ1) is 29.2. The highest BCUT2D eigenvalue weighted by Crippen LogP contribution is 2.38. The van der Waals surface area contributed by atoms with E-state index in [4.69, 9.17) is 9.47 Å². The van der Waals surface area contributed by atoms with Gasteiger partial charge in [0.2, 0.25) is 0 Å². The van der Waals surface area contributed by atoms with Crippen molar-refractivity contribution >= 4 is 10.1 Å². The minimum atomic E-state index is -4.44. The number of halogens is 3. The van der Waals surface area contributed by atoms with Gasteiger partial charge < -0.3 is 9.47 Å². The number of alkyl halides is 3. The fourth-order valence-electron chi connectivity index (χ4n) is 3.38. The molecule has 0 radical (unpaired) electrons. The third kappa shape index (κ3) is 9.20. The quantitative estimate of drug-likeness (QED) is 0.345. The van der Waals surface area contributed by atoms with Gasteiger partial charge in [0.15, 0.2) is 0 Å². The lowest BCUT2D eigenvalue weighted by Crippen LogP contribution is -2.22. The van der Waals surface area contributed by atoms with Gasteiger partial charge in [0.05, 0.1) is 0 Å². The summed E-state index contributed by atoms with van der Waals surface area (Å²) in [6, 6.07) is 19.5. The smallest absolute Gasteiger partial charge is 0.379 e. The van der Waals surface area contributed by atoms with Crippen molar-refractivity contribution < 1.29 is 35.6 Å². The van der Waals surface area contributed by atoms with E-state index in [9.17, 15) is 26.1 Å². The van der Waals surface area contributed by atoms with E-state index in [-0.39, 0.29) is 16.1 Å². The minimum Gasteiger partial charge on any atom is -0.488 e. The SMILES string of the molecule is CC(C)(C)Oc1ccc(-c2cccc(S(=O)(=O)O)c2-c2ccc(OC(C)(C)C)cc2)cc1.FC(F)F. The molecule has 0 aliphatic heterocycles. The van der Waals surface area contributed by atoms with Crippen molar-refractivity contribution in [2.45, 2.75) is 64.3 Å². The Kier molecular flexibility index (Phi) is 9.20. The Morgan fingerprint density at radius 1 is 0.694 bits per heavy atom. The van der Waals surface area contributed by atoms with Crippen molar-refractivity contribution in [3.8, 4) is 33.8 Å². The minimum absolute atomic E-state index is 0.144. The van der Waals surface area contributed by atoms with Gasteiger partial charge in [-0.05, 0) is 88.6 Å². The highest BCUT2D eigenvalue weighted by atomic mass is 32.2. The molecule has 0 spiro atoms. The van der Waals surface area contributed by atoms with E-state index >= 15 is 0 Å². The molecule has 36 heavy (non-hydrogen) atoms. The zero-order valence-corrected chi connectivity index (χ0v) is 21.9. The summed E-state index contributed by atoms with van der Waals surface area (Å²) < 4.78 is 75.0. The van der Waals surface area contributed by atoms with Crippen LogP contribution in [0.15, 0.2) is 71.6 Å². The lowest BCUT2D eigenvalue weighted by atomic mass is 9.94. The van der Waals surface area contributed by atoms with Gasteiger partial charge in [0.1, 0.15) is 27.6 Å². The van der Waals surface area contributed by atoms with Crippen molar-refractivity contribution in [1.82, 2.24) is 0 Å². The highest BCUT2D eigenvalue weighted by Gasteiger charge is 2.21. The fourth-order valence-corrected chi connectivity index (χ4v) is 4.12. The molecule has 0 aromatic heterocycles. The van der Waals surface area contributed by atoms with E-state index < -0.39 is 16.8 Å². The number of hydrogen-bond acceptors (Lipinski definition) is 4. The van der Waals surface area contributed by atoms with Gasteiger partial charge in [-0.25, -0.2) is 0 Å². The first-order valence-corrected chi connectivity index (χ1v) is 12.5. The molecule has 0 saturated carbocycles. The van der Waals surface area contributed by atoms with Crippen LogP contribution in [0.25, 0.3) is 22.3 Å². The molecule has 0 aliphatic carbocycles. The molecule has 0 saturated heterocycles. The van der Waals surface area contributed by atoms with Gasteiger partial charge in [-0.1, -0.05) is 36.4 Å². The van der Waals surface area contributed by atoms with Crippen molar-refractivity contribution in [2.75, 3.05) is 0 Å². The fraction of sp³-hybridized carbons (Fsp3) is 0.333. The van der Waals surface area contributed by atoms with E-state index in [1.165, 1.54) is 6.07 Å². The molecular weight excluding hydrogens is 493 g/mol. The van der Waals surface area contributed by atoms with Crippen molar-refractivity contribution in [2.24, 2.45) is 0 Å². The second-order valence-electron chi connectivity index (χ2n) is 9.88. The second-order valence-corrected chi connectivity index (χ2v) is 11.3. The lowest BCUT2D eigenvalue weighted by Gasteiger charge is -2.22. The molecule has 3 aromatic carbocycles. The van der Waals surface area contributed by atoms with Crippen LogP contribution in [0.5, 0.6) is 11.5 Å². The average Bonchev–Trinajstić information content (AvgIpc) is 2.71. The topological polar surface area (TPSA) is 72.8 Å². The summed E-state index contributed by atoms with van der Waals surface area (Å²) >= 11 is 0. The van der Waals surface area contributed by atoms with Crippen molar-refractivity contribution in [3.63, 3.8) is 0 Å². The molecular formula is C27H31F3O5S. The molecule has 0 atom stereocenters. The number of benzene rings is 3. The van der Waals surface area contributed by atoms with Crippen LogP contribution in [-0.4, -0.2) is 30.9 Å². The van der Waals surface area contributed by atoms with E-state index in [0.717, 1.165) is 11.3 Å². The molecule has 3 aromatic rings. The number of hydrogen-bond donors (Lipinski definition) is 1. The number of ether oxygens (including phenoxy) is 2.